The summed E-state index contributed by atoms with van der Waals surface area (Å²) in [6, 6.07) is 9.49. The number of hydrogen-bond acceptors (Lipinski definition) is 2. The molecule has 0 saturated heterocycles. The standard InChI is InChI=1S/C16H16F2N2/c17-13-6-11(7-14(18)9-13)10-20-5-1-2-12-8-15(19)3-4-16(12)20/h3-4,6-9H,1-2,5,10,19H2. The van der Waals surface area contributed by atoms with Crippen LogP contribution in [0.25, 0.3) is 0 Å². The van der Waals surface area contributed by atoms with E-state index >= 15 is 0 Å². The molecule has 0 atom stereocenters. The fourth-order valence-electron chi connectivity index (χ4n) is 2.78. The molecule has 1 aliphatic heterocycles. The summed E-state index contributed by atoms with van der Waals surface area (Å²) in [6.45, 7) is 1.39. The van der Waals surface area contributed by atoms with Gasteiger partial charge in [-0.15, -0.1) is 0 Å². The van der Waals surface area contributed by atoms with Crippen LogP contribution in [0.1, 0.15) is 17.5 Å². The van der Waals surface area contributed by atoms with Gasteiger partial charge in [0, 0.05) is 30.5 Å². The van der Waals surface area contributed by atoms with Crippen molar-refractivity contribution in [2.24, 2.45) is 0 Å². The summed E-state index contributed by atoms with van der Waals surface area (Å²) >= 11 is 0. The van der Waals surface area contributed by atoms with Crippen LogP contribution in [0.2, 0.25) is 0 Å². The van der Waals surface area contributed by atoms with Crippen LogP contribution in [-0.4, -0.2) is 6.54 Å². The van der Waals surface area contributed by atoms with Crippen LogP contribution in [0.3, 0.4) is 0 Å². The largest absolute Gasteiger partial charge is 0.399 e. The van der Waals surface area contributed by atoms with Crippen LogP contribution < -0.4 is 10.6 Å². The van der Waals surface area contributed by atoms with Gasteiger partial charge in [0.05, 0.1) is 0 Å². The predicted molar refractivity (Wildman–Crippen MR) is 76.6 cm³/mol. The summed E-state index contributed by atoms with van der Waals surface area (Å²) < 4.78 is 26.5. The van der Waals surface area contributed by atoms with Crippen molar-refractivity contribution in [3.8, 4) is 0 Å². The molecule has 0 bridgehead atoms. The number of benzene rings is 2. The van der Waals surface area contributed by atoms with Crippen LogP contribution in [0.15, 0.2) is 36.4 Å². The molecule has 0 saturated carbocycles. The third-order valence-electron chi connectivity index (χ3n) is 3.61. The molecule has 0 radical (unpaired) electrons. The number of nitrogen functional groups attached to an aromatic ring is 1. The normalized spacial score (nSPS) is 14.2. The number of aryl methyl sites for hydroxylation is 1. The Balaban J connectivity index is 1.89. The summed E-state index contributed by atoms with van der Waals surface area (Å²) in [5.41, 5.74) is 9.51. The molecule has 0 amide bonds. The first-order valence-corrected chi connectivity index (χ1v) is 6.70. The summed E-state index contributed by atoms with van der Waals surface area (Å²) in [7, 11) is 0. The van der Waals surface area contributed by atoms with E-state index in [1.165, 1.54) is 17.7 Å². The highest BCUT2D eigenvalue weighted by Gasteiger charge is 2.17. The lowest BCUT2D eigenvalue weighted by Crippen LogP contribution is -2.28. The zero-order valence-electron chi connectivity index (χ0n) is 11.1. The Hall–Kier alpha value is -2.10. The topological polar surface area (TPSA) is 29.3 Å². The molecule has 4 heteroatoms. The first-order valence-electron chi connectivity index (χ1n) is 6.70. The van der Waals surface area contributed by atoms with Crippen molar-refractivity contribution >= 4 is 11.4 Å². The quantitative estimate of drug-likeness (QED) is 0.849. The lowest BCUT2D eigenvalue weighted by molar-refractivity contribution is 0.577. The second-order valence-corrected chi connectivity index (χ2v) is 5.19. The second kappa shape index (κ2) is 5.12. The molecule has 0 spiro atoms. The van der Waals surface area contributed by atoms with E-state index in [-0.39, 0.29) is 0 Å². The Kier molecular flexibility index (Phi) is 3.30. The molecule has 2 aromatic carbocycles. The molecule has 104 valence electrons. The van der Waals surface area contributed by atoms with Gasteiger partial charge in [0.1, 0.15) is 11.6 Å². The Bertz CT molecular complexity index is 620. The van der Waals surface area contributed by atoms with Crippen LogP contribution in [0, 0.1) is 11.6 Å². The molecule has 1 heterocycles. The lowest BCUT2D eigenvalue weighted by atomic mass is 10.0. The van der Waals surface area contributed by atoms with Crippen molar-refractivity contribution in [3.05, 3.63) is 59.2 Å². The molecule has 0 aromatic heterocycles. The third kappa shape index (κ3) is 2.59. The molecule has 2 nitrogen and oxygen atoms in total. The molecule has 2 N–H and O–H groups in total. The van der Waals surface area contributed by atoms with Crippen LogP contribution in [0.4, 0.5) is 20.2 Å². The molecular weight excluding hydrogens is 258 g/mol. The van der Waals surface area contributed by atoms with Gasteiger partial charge >= 0.3 is 0 Å². The zero-order chi connectivity index (χ0) is 14.1. The monoisotopic (exact) mass is 274 g/mol. The lowest BCUT2D eigenvalue weighted by Gasteiger charge is -2.31. The number of halogens is 2. The van der Waals surface area contributed by atoms with Gasteiger partial charge in [-0.05, 0) is 54.3 Å². The van der Waals surface area contributed by atoms with E-state index in [1.807, 2.05) is 18.2 Å². The number of anilines is 2. The minimum absolute atomic E-state index is 0.506. The van der Waals surface area contributed by atoms with Crippen molar-refractivity contribution in [1.82, 2.24) is 0 Å². The maximum atomic E-state index is 13.3. The summed E-state index contributed by atoms with van der Waals surface area (Å²) in [5.74, 6) is -1.07. The molecule has 0 unspecified atom stereocenters. The smallest absolute Gasteiger partial charge is 0.126 e. The van der Waals surface area contributed by atoms with Crippen LogP contribution in [-0.2, 0) is 13.0 Å². The maximum Gasteiger partial charge on any atom is 0.126 e. The Morgan fingerprint density at radius 1 is 1.05 bits per heavy atom. The molecule has 0 aliphatic carbocycles. The Morgan fingerprint density at radius 2 is 1.80 bits per heavy atom. The minimum atomic E-state index is -0.533. The average molecular weight is 274 g/mol. The molecule has 3 rings (SSSR count). The van der Waals surface area contributed by atoms with Gasteiger partial charge in [-0.2, -0.15) is 0 Å². The fraction of sp³-hybridized carbons (Fsp3) is 0.250. The Morgan fingerprint density at radius 3 is 2.55 bits per heavy atom. The number of hydrogen-bond donors (Lipinski definition) is 1. The second-order valence-electron chi connectivity index (χ2n) is 5.19. The molecule has 2 aromatic rings. The highest BCUT2D eigenvalue weighted by Crippen LogP contribution is 2.30. The first kappa shape index (κ1) is 12.9. The van der Waals surface area contributed by atoms with E-state index in [0.717, 1.165) is 36.8 Å². The highest BCUT2D eigenvalue weighted by molar-refractivity contribution is 5.61. The van der Waals surface area contributed by atoms with E-state index in [9.17, 15) is 8.78 Å². The summed E-state index contributed by atoms with van der Waals surface area (Å²) in [4.78, 5) is 2.15. The van der Waals surface area contributed by atoms with Gasteiger partial charge in [0.25, 0.3) is 0 Å². The fourth-order valence-corrected chi connectivity index (χ4v) is 2.78. The van der Waals surface area contributed by atoms with Gasteiger partial charge < -0.3 is 10.6 Å². The minimum Gasteiger partial charge on any atom is -0.399 e. The predicted octanol–water partition coefficient (Wildman–Crippen LogP) is 3.50. The van der Waals surface area contributed by atoms with Gasteiger partial charge in [-0.3, -0.25) is 0 Å². The van der Waals surface area contributed by atoms with Gasteiger partial charge in [0.15, 0.2) is 0 Å². The molecular formula is C16H16F2N2. The van der Waals surface area contributed by atoms with Crippen molar-refractivity contribution in [2.75, 3.05) is 17.2 Å². The van der Waals surface area contributed by atoms with Crippen molar-refractivity contribution in [2.45, 2.75) is 19.4 Å². The molecule has 1 aliphatic rings. The van der Waals surface area contributed by atoms with Gasteiger partial charge in [0.2, 0.25) is 0 Å². The van der Waals surface area contributed by atoms with Gasteiger partial charge in [-0.1, -0.05) is 0 Å². The number of nitrogens with two attached hydrogens (primary N) is 1. The number of nitrogens with zero attached hydrogens (tertiary/aromatic N) is 1. The van der Waals surface area contributed by atoms with E-state index in [4.69, 9.17) is 5.73 Å². The van der Waals surface area contributed by atoms with E-state index in [1.54, 1.807) is 0 Å². The first-order chi connectivity index (χ1) is 9.61. The zero-order valence-corrected chi connectivity index (χ0v) is 11.1. The van der Waals surface area contributed by atoms with Crippen LogP contribution >= 0.6 is 0 Å². The van der Waals surface area contributed by atoms with Crippen LogP contribution in [0.5, 0.6) is 0 Å². The number of rotatable bonds is 2. The number of fused-ring (bicyclic) bond motifs is 1. The van der Waals surface area contributed by atoms with Gasteiger partial charge in [-0.25, -0.2) is 8.78 Å². The summed E-state index contributed by atoms with van der Waals surface area (Å²) in [6.07, 6.45) is 2.02. The Labute approximate surface area is 116 Å². The SMILES string of the molecule is Nc1ccc2c(c1)CCCN2Cc1cc(F)cc(F)c1. The highest BCUT2D eigenvalue weighted by atomic mass is 19.1. The van der Waals surface area contributed by atoms with E-state index < -0.39 is 11.6 Å². The van der Waals surface area contributed by atoms with E-state index in [0.29, 0.717) is 12.1 Å². The van der Waals surface area contributed by atoms with E-state index in [2.05, 4.69) is 4.90 Å². The molecule has 0 fully saturated rings. The maximum absolute atomic E-state index is 13.3. The average Bonchev–Trinajstić information content (AvgIpc) is 2.37. The third-order valence-corrected chi connectivity index (χ3v) is 3.61. The van der Waals surface area contributed by atoms with Crippen molar-refractivity contribution in [1.29, 1.82) is 0 Å². The van der Waals surface area contributed by atoms with Crippen molar-refractivity contribution in [3.63, 3.8) is 0 Å². The van der Waals surface area contributed by atoms with Crippen molar-refractivity contribution < 1.29 is 8.78 Å². The summed E-state index contributed by atoms with van der Waals surface area (Å²) in [5, 5.41) is 0. The molecule has 20 heavy (non-hydrogen) atoms.